The summed E-state index contributed by atoms with van der Waals surface area (Å²) in [6, 6.07) is 12.5. The van der Waals surface area contributed by atoms with Crippen LogP contribution in [0.2, 0.25) is 0 Å². The number of halogens is 1. The van der Waals surface area contributed by atoms with Crippen LogP contribution in [0.4, 0.5) is 0 Å². The molecule has 2 aromatic carbocycles. The highest BCUT2D eigenvalue weighted by Gasteiger charge is 2.34. The maximum atomic E-state index is 12.8. The highest BCUT2D eigenvalue weighted by atomic mass is 79.9. The molecule has 0 atom stereocenters. The van der Waals surface area contributed by atoms with E-state index in [4.69, 9.17) is 9.47 Å². The third kappa shape index (κ3) is 5.31. The first-order valence-electron chi connectivity index (χ1n) is 9.97. The van der Waals surface area contributed by atoms with E-state index in [1.54, 1.807) is 25.1 Å². The lowest BCUT2D eigenvalue weighted by atomic mass is 10.1. The fourth-order valence-electron chi connectivity index (χ4n) is 3.02. The van der Waals surface area contributed by atoms with E-state index in [-0.39, 0.29) is 23.0 Å². The first-order chi connectivity index (χ1) is 15.3. The number of rotatable bonds is 6. The SMILES string of the molecule is CCOC(=O)C1=C(O)/C(=C/c2cc(Br)ccc2OCC)SC1=NC(=O)c1ccccc1C. The first-order valence-corrected chi connectivity index (χ1v) is 11.6. The van der Waals surface area contributed by atoms with E-state index in [9.17, 15) is 14.7 Å². The van der Waals surface area contributed by atoms with E-state index in [2.05, 4.69) is 20.9 Å². The van der Waals surface area contributed by atoms with Gasteiger partial charge in [0, 0.05) is 15.6 Å². The molecule has 3 rings (SSSR count). The largest absolute Gasteiger partial charge is 0.506 e. The number of carbonyl (C=O) groups is 2. The van der Waals surface area contributed by atoms with E-state index in [1.807, 2.05) is 44.2 Å². The summed E-state index contributed by atoms with van der Waals surface area (Å²) in [6.45, 7) is 5.95. The van der Waals surface area contributed by atoms with Crippen LogP contribution in [0.15, 0.2) is 68.2 Å². The normalized spacial score (nSPS) is 16.0. The van der Waals surface area contributed by atoms with Crippen LogP contribution in [0.5, 0.6) is 5.75 Å². The van der Waals surface area contributed by atoms with Crippen molar-refractivity contribution in [3.63, 3.8) is 0 Å². The molecule has 166 valence electrons. The fourth-order valence-corrected chi connectivity index (χ4v) is 4.40. The molecule has 32 heavy (non-hydrogen) atoms. The van der Waals surface area contributed by atoms with Gasteiger partial charge in [-0.25, -0.2) is 9.79 Å². The quantitative estimate of drug-likeness (QED) is 0.485. The summed E-state index contributed by atoms with van der Waals surface area (Å²) in [7, 11) is 0. The second-order valence-electron chi connectivity index (χ2n) is 6.71. The Bertz CT molecular complexity index is 1150. The number of aliphatic hydroxyl groups excluding tert-OH is 1. The lowest BCUT2D eigenvalue weighted by Crippen LogP contribution is -2.14. The highest BCUT2D eigenvalue weighted by Crippen LogP contribution is 2.40. The van der Waals surface area contributed by atoms with Crippen molar-refractivity contribution in [2.45, 2.75) is 20.8 Å². The summed E-state index contributed by atoms with van der Waals surface area (Å²) in [4.78, 5) is 29.9. The molecule has 2 aromatic rings. The second-order valence-corrected chi connectivity index (χ2v) is 8.65. The van der Waals surface area contributed by atoms with Gasteiger partial charge in [-0.05, 0) is 56.7 Å². The summed E-state index contributed by atoms with van der Waals surface area (Å²) in [5, 5.41) is 10.9. The molecular weight excluding hydrogens is 494 g/mol. The molecule has 0 saturated heterocycles. The van der Waals surface area contributed by atoms with Crippen molar-refractivity contribution in [3.05, 3.63) is 79.9 Å². The average molecular weight is 516 g/mol. The zero-order chi connectivity index (χ0) is 23.3. The van der Waals surface area contributed by atoms with Gasteiger partial charge in [-0.2, -0.15) is 0 Å². The summed E-state index contributed by atoms with van der Waals surface area (Å²) in [5.74, 6) is -0.904. The Morgan fingerprint density at radius 1 is 1.16 bits per heavy atom. The van der Waals surface area contributed by atoms with Crippen LogP contribution >= 0.6 is 27.7 Å². The monoisotopic (exact) mass is 515 g/mol. The molecule has 0 fully saturated rings. The fraction of sp³-hybridized carbons (Fsp3) is 0.208. The van der Waals surface area contributed by atoms with Gasteiger partial charge in [-0.1, -0.05) is 45.9 Å². The van der Waals surface area contributed by atoms with Crippen LogP contribution in [0.3, 0.4) is 0 Å². The van der Waals surface area contributed by atoms with Crippen molar-refractivity contribution < 1.29 is 24.2 Å². The predicted molar refractivity (Wildman–Crippen MR) is 130 cm³/mol. The summed E-state index contributed by atoms with van der Waals surface area (Å²) < 4.78 is 11.6. The molecule has 0 unspecified atom stereocenters. The third-order valence-corrected chi connectivity index (χ3v) is 6.02. The number of hydrogen-bond donors (Lipinski definition) is 1. The van der Waals surface area contributed by atoms with E-state index >= 15 is 0 Å². The van der Waals surface area contributed by atoms with Gasteiger partial charge in [0.2, 0.25) is 0 Å². The Kier molecular flexibility index (Phi) is 7.93. The van der Waals surface area contributed by atoms with Crippen LogP contribution in [0, 0.1) is 6.92 Å². The molecule has 8 heteroatoms. The van der Waals surface area contributed by atoms with Gasteiger partial charge in [-0.3, -0.25) is 4.79 Å². The topological polar surface area (TPSA) is 85.2 Å². The molecule has 0 aromatic heterocycles. The molecule has 1 aliphatic rings. The Hall–Kier alpha value is -2.84. The molecule has 1 amide bonds. The van der Waals surface area contributed by atoms with Gasteiger partial charge in [0.1, 0.15) is 22.1 Å². The molecule has 1 aliphatic heterocycles. The maximum Gasteiger partial charge on any atom is 0.344 e. The van der Waals surface area contributed by atoms with Gasteiger partial charge in [0.25, 0.3) is 5.91 Å². The molecule has 0 radical (unpaired) electrons. The van der Waals surface area contributed by atoms with Gasteiger partial charge in [0.05, 0.1) is 18.1 Å². The molecular formula is C24H22BrNO5S. The third-order valence-electron chi connectivity index (χ3n) is 4.51. The molecule has 0 spiro atoms. The van der Waals surface area contributed by atoms with Crippen LogP contribution in [0.1, 0.15) is 35.3 Å². The van der Waals surface area contributed by atoms with Gasteiger partial charge in [0.15, 0.2) is 0 Å². The second kappa shape index (κ2) is 10.7. The Morgan fingerprint density at radius 2 is 1.91 bits per heavy atom. The molecule has 1 N–H and O–H groups in total. The Balaban J connectivity index is 2.07. The maximum absolute atomic E-state index is 12.8. The van der Waals surface area contributed by atoms with Gasteiger partial charge < -0.3 is 14.6 Å². The van der Waals surface area contributed by atoms with Crippen molar-refractivity contribution in [2.24, 2.45) is 4.99 Å². The number of thioether (sulfide) groups is 1. The Labute approximate surface area is 199 Å². The van der Waals surface area contributed by atoms with Crippen LogP contribution in [-0.4, -0.2) is 35.2 Å². The smallest absolute Gasteiger partial charge is 0.344 e. The standard InChI is InChI=1S/C24H22BrNO5S/c1-4-30-18-11-10-16(25)12-15(18)13-19-21(27)20(24(29)31-5-2)23(32-19)26-22(28)17-9-7-6-8-14(17)3/h6-13,27H,4-5H2,1-3H3/b19-13-,26-23?. The predicted octanol–water partition coefficient (Wildman–Crippen LogP) is 5.86. The zero-order valence-corrected chi connectivity index (χ0v) is 20.2. The lowest BCUT2D eigenvalue weighted by molar-refractivity contribution is -0.138. The molecule has 0 saturated carbocycles. The number of nitrogens with zero attached hydrogens (tertiary/aromatic N) is 1. The van der Waals surface area contributed by atoms with Gasteiger partial charge >= 0.3 is 5.97 Å². The number of carbonyl (C=O) groups excluding carboxylic acids is 2. The number of aliphatic imine (C=N–C) groups is 1. The molecule has 0 bridgehead atoms. The number of ether oxygens (including phenoxy) is 2. The number of esters is 1. The van der Waals surface area contributed by atoms with E-state index < -0.39 is 11.9 Å². The van der Waals surface area contributed by atoms with Crippen LogP contribution in [-0.2, 0) is 9.53 Å². The average Bonchev–Trinajstić information content (AvgIpc) is 3.05. The number of aryl methyl sites for hydroxylation is 1. The molecule has 1 heterocycles. The number of aliphatic hydroxyl groups is 1. The van der Waals surface area contributed by atoms with Crippen molar-refractivity contribution in [3.8, 4) is 5.75 Å². The minimum atomic E-state index is -0.739. The van der Waals surface area contributed by atoms with Gasteiger partial charge in [-0.15, -0.1) is 0 Å². The summed E-state index contributed by atoms with van der Waals surface area (Å²) >= 11 is 4.47. The summed E-state index contributed by atoms with van der Waals surface area (Å²) in [6.07, 6.45) is 1.69. The number of benzene rings is 2. The van der Waals surface area contributed by atoms with Crippen LogP contribution in [0.25, 0.3) is 6.08 Å². The minimum absolute atomic E-state index is 0.0911. The first kappa shape index (κ1) is 23.8. The van der Waals surface area contributed by atoms with Crippen molar-refractivity contribution in [1.29, 1.82) is 0 Å². The molecule has 6 nitrogen and oxygen atoms in total. The van der Waals surface area contributed by atoms with E-state index in [1.165, 1.54) is 0 Å². The molecule has 0 aliphatic carbocycles. The number of hydrogen-bond acceptors (Lipinski definition) is 6. The van der Waals surface area contributed by atoms with E-state index in [0.717, 1.165) is 21.8 Å². The van der Waals surface area contributed by atoms with Crippen molar-refractivity contribution in [1.82, 2.24) is 0 Å². The zero-order valence-electron chi connectivity index (χ0n) is 17.8. The number of amides is 1. The van der Waals surface area contributed by atoms with Crippen LogP contribution < -0.4 is 4.74 Å². The van der Waals surface area contributed by atoms with Crippen molar-refractivity contribution in [2.75, 3.05) is 13.2 Å². The van der Waals surface area contributed by atoms with Crippen molar-refractivity contribution >= 4 is 50.7 Å². The summed E-state index contributed by atoms with van der Waals surface area (Å²) in [5.41, 5.74) is 1.76. The lowest BCUT2D eigenvalue weighted by Gasteiger charge is -2.08. The Morgan fingerprint density at radius 3 is 2.59 bits per heavy atom. The van der Waals surface area contributed by atoms with E-state index in [0.29, 0.717) is 28.4 Å². The highest BCUT2D eigenvalue weighted by molar-refractivity contribution is 9.10. The minimum Gasteiger partial charge on any atom is -0.506 e.